The van der Waals surface area contributed by atoms with E-state index in [0.29, 0.717) is 11.7 Å². The van der Waals surface area contributed by atoms with E-state index in [-0.39, 0.29) is 0 Å². The lowest BCUT2D eigenvalue weighted by Crippen LogP contribution is -1.86. The second-order valence-electron chi connectivity index (χ2n) is 3.29. The van der Waals surface area contributed by atoms with Gasteiger partial charge in [0.1, 0.15) is 5.75 Å². The molecule has 0 radical (unpaired) electrons. The lowest BCUT2D eigenvalue weighted by molar-refractivity contribution is 0.465. The first kappa shape index (κ1) is 14.0. The predicted molar refractivity (Wildman–Crippen MR) is 67.5 cm³/mol. The van der Waals surface area contributed by atoms with E-state index in [9.17, 15) is 5.11 Å². The molecule has 0 spiro atoms. The topological polar surface area (TPSA) is 20.2 Å². The zero-order valence-electron chi connectivity index (χ0n) is 10.7. The standard InChI is InChI=1S/C10H12O.2C2H6/c1-7-5-6-8-3-2-4-9(11)10(7)8;2*1-2/h2-4,7,11H,5-6H2,1H3;2*1-2H3. The second-order valence-corrected chi connectivity index (χ2v) is 3.29. The van der Waals surface area contributed by atoms with E-state index in [1.807, 2.05) is 33.8 Å². The van der Waals surface area contributed by atoms with Crippen LogP contribution in [0.1, 0.15) is 58.1 Å². The molecule has 0 bridgehead atoms. The molecule has 0 aromatic heterocycles. The van der Waals surface area contributed by atoms with Crippen LogP contribution in [-0.4, -0.2) is 5.11 Å². The fraction of sp³-hybridized carbons (Fsp3) is 0.571. The van der Waals surface area contributed by atoms with Gasteiger partial charge >= 0.3 is 0 Å². The molecule has 1 unspecified atom stereocenters. The van der Waals surface area contributed by atoms with Crippen LogP contribution in [-0.2, 0) is 6.42 Å². The average Bonchev–Trinajstić information content (AvgIpc) is 2.68. The van der Waals surface area contributed by atoms with Crippen LogP contribution in [0.25, 0.3) is 0 Å². The van der Waals surface area contributed by atoms with Crippen molar-refractivity contribution in [3.8, 4) is 5.75 Å². The molecule has 0 heterocycles. The van der Waals surface area contributed by atoms with Gasteiger partial charge in [-0.05, 0) is 36.0 Å². The van der Waals surface area contributed by atoms with Crippen molar-refractivity contribution in [3.05, 3.63) is 29.3 Å². The van der Waals surface area contributed by atoms with E-state index in [4.69, 9.17) is 0 Å². The normalized spacial score (nSPS) is 16.7. The number of fused-ring (bicyclic) bond motifs is 1. The molecule has 1 heteroatoms. The zero-order valence-corrected chi connectivity index (χ0v) is 10.7. The van der Waals surface area contributed by atoms with Crippen LogP contribution < -0.4 is 0 Å². The number of hydrogen-bond donors (Lipinski definition) is 1. The van der Waals surface area contributed by atoms with Crippen LogP contribution in [0, 0.1) is 0 Å². The molecule has 1 N–H and O–H groups in total. The molecular formula is C14H24O. The summed E-state index contributed by atoms with van der Waals surface area (Å²) in [6, 6.07) is 5.81. The number of phenols is 1. The first-order valence-corrected chi connectivity index (χ1v) is 6.10. The van der Waals surface area contributed by atoms with Crippen LogP contribution in [0.3, 0.4) is 0 Å². The highest BCUT2D eigenvalue weighted by molar-refractivity contribution is 5.44. The van der Waals surface area contributed by atoms with Crippen molar-refractivity contribution in [2.24, 2.45) is 0 Å². The van der Waals surface area contributed by atoms with Crippen LogP contribution >= 0.6 is 0 Å². The lowest BCUT2D eigenvalue weighted by atomic mass is 10.0. The SMILES string of the molecule is CC.CC.CC1CCc2cccc(O)c21. The second kappa shape index (κ2) is 7.33. The summed E-state index contributed by atoms with van der Waals surface area (Å²) in [6.07, 6.45) is 2.32. The van der Waals surface area contributed by atoms with Gasteiger partial charge in [-0.25, -0.2) is 0 Å². The highest BCUT2D eigenvalue weighted by Gasteiger charge is 2.20. The van der Waals surface area contributed by atoms with Gasteiger partial charge in [0, 0.05) is 0 Å². The maximum Gasteiger partial charge on any atom is 0.119 e. The maximum atomic E-state index is 9.50. The Morgan fingerprint density at radius 1 is 1.13 bits per heavy atom. The first-order valence-electron chi connectivity index (χ1n) is 6.10. The Labute approximate surface area is 94.2 Å². The molecule has 1 aliphatic rings. The molecule has 0 amide bonds. The van der Waals surface area contributed by atoms with Gasteiger partial charge in [-0.3, -0.25) is 0 Å². The van der Waals surface area contributed by atoms with Crippen LogP contribution in [0.15, 0.2) is 18.2 Å². The molecule has 0 fully saturated rings. The Balaban J connectivity index is 0.000000442. The number of aromatic hydroxyl groups is 1. The van der Waals surface area contributed by atoms with Crippen molar-refractivity contribution in [2.75, 3.05) is 0 Å². The van der Waals surface area contributed by atoms with Gasteiger partial charge in [0.05, 0.1) is 0 Å². The van der Waals surface area contributed by atoms with Gasteiger partial charge in [-0.1, -0.05) is 46.8 Å². The van der Waals surface area contributed by atoms with Crippen LogP contribution in [0.5, 0.6) is 5.75 Å². The molecule has 1 nitrogen and oxygen atoms in total. The summed E-state index contributed by atoms with van der Waals surface area (Å²) in [6.45, 7) is 10.2. The summed E-state index contributed by atoms with van der Waals surface area (Å²) in [4.78, 5) is 0. The van der Waals surface area contributed by atoms with Gasteiger partial charge in [-0.15, -0.1) is 0 Å². The Hall–Kier alpha value is -0.980. The molecule has 0 saturated carbocycles. The van der Waals surface area contributed by atoms with E-state index in [1.165, 1.54) is 17.5 Å². The van der Waals surface area contributed by atoms with Gasteiger partial charge in [0.2, 0.25) is 0 Å². The smallest absolute Gasteiger partial charge is 0.119 e. The van der Waals surface area contributed by atoms with E-state index >= 15 is 0 Å². The van der Waals surface area contributed by atoms with Crippen molar-refractivity contribution in [1.29, 1.82) is 0 Å². The summed E-state index contributed by atoms with van der Waals surface area (Å²) in [5, 5.41) is 9.50. The molecule has 1 aromatic carbocycles. The molecule has 1 aromatic rings. The highest BCUT2D eigenvalue weighted by atomic mass is 16.3. The molecule has 0 saturated heterocycles. The molecular weight excluding hydrogens is 184 g/mol. The summed E-state index contributed by atoms with van der Waals surface area (Å²) in [5.74, 6) is 1.03. The summed E-state index contributed by atoms with van der Waals surface area (Å²) in [7, 11) is 0. The number of rotatable bonds is 0. The van der Waals surface area contributed by atoms with E-state index < -0.39 is 0 Å². The number of aryl methyl sites for hydroxylation is 1. The van der Waals surface area contributed by atoms with Gasteiger partial charge in [0.15, 0.2) is 0 Å². The molecule has 0 aliphatic heterocycles. The lowest BCUT2D eigenvalue weighted by Gasteiger charge is -2.05. The Morgan fingerprint density at radius 3 is 2.27 bits per heavy atom. The van der Waals surface area contributed by atoms with Crippen molar-refractivity contribution >= 4 is 0 Å². The minimum atomic E-state index is 0.479. The van der Waals surface area contributed by atoms with E-state index in [2.05, 4.69) is 13.0 Å². The van der Waals surface area contributed by atoms with E-state index in [1.54, 1.807) is 6.07 Å². The fourth-order valence-corrected chi connectivity index (χ4v) is 1.90. The van der Waals surface area contributed by atoms with Gasteiger partial charge in [0.25, 0.3) is 0 Å². The van der Waals surface area contributed by atoms with Gasteiger partial charge in [-0.2, -0.15) is 0 Å². The van der Waals surface area contributed by atoms with Crippen molar-refractivity contribution in [2.45, 2.75) is 53.4 Å². The summed E-state index contributed by atoms with van der Waals surface area (Å²) in [5.41, 5.74) is 2.50. The van der Waals surface area contributed by atoms with Crippen molar-refractivity contribution in [1.82, 2.24) is 0 Å². The van der Waals surface area contributed by atoms with Crippen LogP contribution in [0.4, 0.5) is 0 Å². The van der Waals surface area contributed by atoms with Crippen LogP contribution in [0.2, 0.25) is 0 Å². The number of hydrogen-bond acceptors (Lipinski definition) is 1. The summed E-state index contributed by atoms with van der Waals surface area (Å²) >= 11 is 0. The minimum Gasteiger partial charge on any atom is -0.508 e. The molecule has 15 heavy (non-hydrogen) atoms. The molecule has 2 rings (SSSR count). The Kier molecular flexibility index (Phi) is 6.85. The highest BCUT2D eigenvalue weighted by Crippen LogP contribution is 2.37. The average molecular weight is 208 g/mol. The third kappa shape index (κ3) is 3.26. The largest absolute Gasteiger partial charge is 0.508 e. The summed E-state index contributed by atoms with van der Waals surface area (Å²) < 4.78 is 0. The van der Waals surface area contributed by atoms with E-state index in [0.717, 1.165) is 6.42 Å². The Morgan fingerprint density at radius 2 is 1.73 bits per heavy atom. The number of phenolic OH excluding ortho intramolecular Hbond substituents is 1. The van der Waals surface area contributed by atoms with Crippen molar-refractivity contribution < 1.29 is 5.11 Å². The fourth-order valence-electron chi connectivity index (χ4n) is 1.90. The van der Waals surface area contributed by atoms with Crippen molar-refractivity contribution in [3.63, 3.8) is 0 Å². The van der Waals surface area contributed by atoms with Gasteiger partial charge < -0.3 is 5.11 Å². The maximum absolute atomic E-state index is 9.50. The minimum absolute atomic E-state index is 0.479. The quantitative estimate of drug-likeness (QED) is 0.666. The Bertz CT molecular complexity index is 279. The molecule has 1 atom stereocenters. The third-order valence-corrected chi connectivity index (χ3v) is 2.51. The third-order valence-electron chi connectivity index (χ3n) is 2.51. The number of benzene rings is 1. The molecule has 1 aliphatic carbocycles. The molecule has 86 valence electrons. The monoisotopic (exact) mass is 208 g/mol. The zero-order chi connectivity index (χ0) is 11.8. The first-order chi connectivity index (χ1) is 7.29. The predicted octanol–water partition coefficient (Wildman–Crippen LogP) is 4.49.